The van der Waals surface area contributed by atoms with E-state index in [1.165, 1.54) is 0 Å². The molecule has 2 saturated heterocycles. The Kier molecular flexibility index (Phi) is 3.77. The van der Waals surface area contributed by atoms with Crippen LogP contribution in [0.25, 0.3) is 0 Å². The molecule has 0 radical (unpaired) electrons. The zero-order valence-electron chi connectivity index (χ0n) is 12.1. The van der Waals surface area contributed by atoms with Crippen LogP contribution in [0.4, 0.5) is 0 Å². The summed E-state index contributed by atoms with van der Waals surface area (Å²) in [5.74, 6) is 1.11. The van der Waals surface area contributed by atoms with Gasteiger partial charge in [-0.3, -0.25) is 4.79 Å². The minimum absolute atomic E-state index is 0.0276. The van der Waals surface area contributed by atoms with Crippen LogP contribution in [0.5, 0.6) is 0 Å². The van der Waals surface area contributed by atoms with Gasteiger partial charge in [0.05, 0.1) is 23.2 Å². The average Bonchev–Trinajstić information content (AvgIpc) is 3.09. The number of hydrogen-bond acceptors (Lipinski definition) is 5. The summed E-state index contributed by atoms with van der Waals surface area (Å²) in [6.45, 7) is 2.57. The first kappa shape index (κ1) is 14.6. The average molecular weight is 312 g/mol. The minimum atomic E-state index is -2.93. The van der Waals surface area contributed by atoms with Gasteiger partial charge in [-0.2, -0.15) is 0 Å². The number of carbonyl (C=O) groups is 1. The summed E-state index contributed by atoms with van der Waals surface area (Å²) < 4.78 is 28.3. The van der Waals surface area contributed by atoms with Crippen LogP contribution in [0.3, 0.4) is 0 Å². The number of aryl methyl sites for hydroxylation is 1. The molecule has 3 rings (SSSR count). The molecule has 1 aromatic heterocycles. The Morgan fingerprint density at radius 1 is 1.48 bits per heavy atom. The van der Waals surface area contributed by atoms with Crippen LogP contribution in [0.1, 0.15) is 43.2 Å². The number of aromatic nitrogens is 1. The Morgan fingerprint density at radius 2 is 2.29 bits per heavy atom. The molecule has 0 bridgehead atoms. The Hall–Kier alpha value is -1.37. The topological polar surface area (TPSA) is 80.5 Å². The van der Waals surface area contributed by atoms with Crippen LogP contribution in [0.15, 0.2) is 10.6 Å². The fourth-order valence-electron chi connectivity index (χ4n) is 3.30. The summed E-state index contributed by atoms with van der Waals surface area (Å²) in [5.41, 5.74) is 0.811. The molecule has 0 spiro atoms. The number of carbonyl (C=O) groups excluding carboxylic acids is 1. The molecule has 0 aromatic carbocycles. The van der Waals surface area contributed by atoms with E-state index >= 15 is 0 Å². The standard InChI is InChI=1S/C14H20N2O4S/c1-10-7-13(20-15-10)12-3-2-5-16(12)14(17)8-11-4-6-21(18,19)9-11/h7,11-12H,2-6,8-9H2,1H3/t11-,12-/m1/s1. The van der Waals surface area contributed by atoms with Crippen molar-refractivity contribution in [3.8, 4) is 0 Å². The van der Waals surface area contributed by atoms with E-state index in [2.05, 4.69) is 5.16 Å². The lowest BCUT2D eigenvalue weighted by Gasteiger charge is -2.23. The molecule has 1 amide bonds. The largest absolute Gasteiger partial charge is 0.359 e. The highest BCUT2D eigenvalue weighted by Crippen LogP contribution is 2.34. The smallest absolute Gasteiger partial charge is 0.223 e. The maximum Gasteiger partial charge on any atom is 0.223 e. The number of hydrogen-bond donors (Lipinski definition) is 0. The summed E-state index contributed by atoms with van der Waals surface area (Å²) in [4.78, 5) is 14.3. The van der Waals surface area contributed by atoms with Gasteiger partial charge in [-0.1, -0.05) is 5.16 Å². The molecule has 116 valence electrons. The monoisotopic (exact) mass is 312 g/mol. The SMILES string of the molecule is Cc1cc([C@H]2CCCN2C(=O)C[C@H]2CCS(=O)(=O)C2)on1. The van der Waals surface area contributed by atoms with Crippen molar-refractivity contribution < 1.29 is 17.7 Å². The number of nitrogens with zero attached hydrogens (tertiary/aromatic N) is 2. The molecule has 0 aliphatic carbocycles. The normalized spacial score (nSPS) is 28.1. The predicted molar refractivity (Wildman–Crippen MR) is 76.3 cm³/mol. The van der Waals surface area contributed by atoms with Gasteiger partial charge in [0.2, 0.25) is 5.91 Å². The van der Waals surface area contributed by atoms with Crippen LogP contribution in [0.2, 0.25) is 0 Å². The summed E-state index contributed by atoms with van der Waals surface area (Å²) in [5, 5.41) is 3.89. The zero-order chi connectivity index (χ0) is 15.0. The summed E-state index contributed by atoms with van der Waals surface area (Å²) in [7, 11) is -2.93. The quantitative estimate of drug-likeness (QED) is 0.844. The summed E-state index contributed by atoms with van der Waals surface area (Å²) in [6, 6.07) is 1.83. The maximum absolute atomic E-state index is 12.5. The van der Waals surface area contributed by atoms with Gasteiger partial charge in [-0.05, 0) is 32.1 Å². The van der Waals surface area contributed by atoms with Gasteiger partial charge in [-0.25, -0.2) is 8.42 Å². The highest BCUT2D eigenvalue weighted by Gasteiger charge is 2.36. The third kappa shape index (κ3) is 3.12. The van der Waals surface area contributed by atoms with E-state index in [9.17, 15) is 13.2 Å². The molecule has 0 unspecified atom stereocenters. The lowest BCUT2D eigenvalue weighted by Crippen LogP contribution is -2.32. The second-order valence-corrected chi connectivity index (χ2v) is 8.32. The first-order valence-electron chi connectivity index (χ1n) is 7.38. The molecule has 7 heteroatoms. The molecule has 21 heavy (non-hydrogen) atoms. The summed E-state index contributed by atoms with van der Waals surface area (Å²) >= 11 is 0. The maximum atomic E-state index is 12.5. The minimum Gasteiger partial charge on any atom is -0.359 e. The molecular formula is C14H20N2O4S. The molecule has 2 aliphatic heterocycles. The molecule has 0 N–H and O–H groups in total. The molecule has 2 fully saturated rings. The fourth-order valence-corrected chi connectivity index (χ4v) is 5.16. The van der Waals surface area contributed by atoms with E-state index in [0.717, 1.165) is 24.3 Å². The van der Waals surface area contributed by atoms with Crippen molar-refractivity contribution in [2.24, 2.45) is 5.92 Å². The van der Waals surface area contributed by atoms with Crippen molar-refractivity contribution in [3.05, 3.63) is 17.5 Å². The van der Waals surface area contributed by atoms with Crippen LogP contribution in [-0.2, 0) is 14.6 Å². The van der Waals surface area contributed by atoms with Crippen LogP contribution in [-0.4, -0.2) is 42.4 Å². The van der Waals surface area contributed by atoms with Crippen molar-refractivity contribution in [1.82, 2.24) is 10.1 Å². The van der Waals surface area contributed by atoms with E-state index < -0.39 is 9.84 Å². The summed E-state index contributed by atoms with van der Waals surface area (Å²) in [6.07, 6.45) is 2.75. The molecule has 3 heterocycles. The van der Waals surface area contributed by atoms with Crippen LogP contribution < -0.4 is 0 Å². The van der Waals surface area contributed by atoms with Gasteiger partial charge < -0.3 is 9.42 Å². The van der Waals surface area contributed by atoms with Gasteiger partial charge in [0, 0.05) is 19.0 Å². The van der Waals surface area contributed by atoms with Crippen LogP contribution >= 0.6 is 0 Å². The number of sulfone groups is 1. The molecule has 0 saturated carbocycles. The van der Waals surface area contributed by atoms with Crippen molar-refractivity contribution in [2.75, 3.05) is 18.1 Å². The van der Waals surface area contributed by atoms with Gasteiger partial charge >= 0.3 is 0 Å². The van der Waals surface area contributed by atoms with E-state index in [1.807, 2.05) is 17.9 Å². The van der Waals surface area contributed by atoms with E-state index in [4.69, 9.17) is 4.52 Å². The third-order valence-electron chi connectivity index (χ3n) is 4.34. The Morgan fingerprint density at radius 3 is 2.90 bits per heavy atom. The first-order valence-corrected chi connectivity index (χ1v) is 9.20. The fraction of sp³-hybridized carbons (Fsp3) is 0.714. The van der Waals surface area contributed by atoms with Crippen molar-refractivity contribution in [3.63, 3.8) is 0 Å². The van der Waals surface area contributed by atoms with Crippen LogP contribution in [0, 0.1) is 12.8 Å². The van der Waals surface area contributed by atoms with E-state index in [-0.39, 0.29) is 29.4 Å². The highest BCUT2D eigenvalue weighted by atomic mass is 32.2. The van der Waals surface area contributed by atoms with Gasteiger partial charge in [0.15, 0.2) is 15.6 Å². The first-order chi connectivity index (χ1) is 9.94. The third-order valence-corrected chi connectivity index (χ3v) is 6.17. The number of rotatable bonds is 3. The molecule has 2 atom stereocenters. The lowest BCUT2D eigenvalue weighted by atomic mass is 10.0. The molecular weight excluding hydrogens is 292 g/mol. The van der Waals surface area contributed by atoms with E-state index in [0.29, 0.717) is 19.4 Å². The van der Waals surface area contributed by atoms with Gasteiger partial charge in [0.25, 0.3) is 0 Å². The molecule has 1 aromatic rings. The van der Waals surface area contributed by atoms with Crippen molar-refractivity contribution >= 4 is 15.7 Å². The second kappa shape index (κ2) is 5.44. The van der Waals surface area contributed by atoms with Crippen molar-refractivity contribution in [2.45, 2.75) is 38.6 Å². The van der Waals surface area contributed by atoms with Gasteiger partial charge in [0.1, 0.15) is 0 Å². The van der Waals surface area contributed by atoms with Crippen molar-refractivity contribution in [1.29, 1.82) is 0 Å². The Balaban J connectivity index is 1.66. The molecule has 2 aliphatic rings. The predicted octanol–water partition coefficient (Wildman–Crippen LogP) is 1.47. The zero-order valence-corrected chi connectivity index (χ0v) is 12.9. The van der Waals surface area contributed by atoms with Gasteiger partial charge in [-0.15, -0.1) is 0 Å². The molecule has 6 nitrogen and oxygen atoms in total. The lowest BCUT2D eigenvalue weighted by molar-refractivity contribution is -0.133. The Bertz CT molecular complexity index is 637. The number of likely N-dealkylation sites (tertiary alicyclic amines) is 1. The highest BCUT2D eigenvalue weighted by molar-refractivity contribution is 7.91. The van der Waals surface area contributed by atoms with E-state index in [1.54, 1.807) is 0 Å². The Labute approximate surface area is 124 Å². The number of amides is 1. The second-order valence-electron chi connectivity index (χ2n) is 6.09.